The summed E-state index contributed by atoms with van der Waals surface area (Å²) in [7, 11) is 0. The van der Waals surface area contributed by atoms with Gasteiger partial charge < -0.3 is 10.1 Å². The minimum Gasteiger partial charge on any atom is -0.410 e. The van der Waals surface area contributed by atoms with Crippen LogP contribution in [0.4, 0.5) is 10.5 Å². The molecule has 0 spiro atoms. The molecule has 2 rings (SSSR count). The predicted molar refractivity (Wildman–Crippen MR) is 102 cm³/mol. The van der Waals surface area contributed by atoms with Gasteiger partial charge in [-0.25, -0.2) is 4.79 Å². The first-order chi connectivity index (χ1) is 11.2. The van der Waals surface area contributed by atoms with Gasteiger partial charge in [-0.2, -0.15) is 0 Å². The molecule has 0 heterocycles. The molecule has 1 amide bonds. The SMILES string of the molecule is Cc1ccc(NC(NC(=O)Oc2ccc(Br)cc2)C(Cl)(Cl)Cl)cc1. The Morgan fingerprint density at radius 3 is 2.21 bits per heavy atom. The lowest BCUT2D eigenvalue weighted by Gasteiger charge is -2.27. The Balaban J connectivity index is 2.04. The maximum absolute atomic E-state index is 12.0. The summed E-state index contributed by atoms with van der Waals surface area (Å²) < 4.78 is 4.26. The van der Waals surface area contributed by atoms with E-state index < -0.39 is 16.1 Å². The quantitative estimate of drug-likeness (QED) is 0.465. The number of anilines is 1. The molecule has 2 N–H and O–H groups in total. The van der Waals surface area contributed by atoms with E-state index in [2.05, 4.69) is 26.6 Å². The second-order valence-corrected chi connectivity index (χ2v) is 8.26. The van der Waals surface area contributed by atoms with Gasteiger partial charge in [0.1, 0.15) is 11.9 Å². The van der Waals surface area contributed by atoms with Crippen LogP contribution in [0.1, 0.15) is 5.56 Å². The molecule has 0 saturated carbocycles. The van der Waals surface area contributed by atoms with Crippen LogP contribution >= 0.6 is 50.7 Å². The number of hydrogen-bond acceptors (Lipinski definition) is 3. The third kappa shape index (κ3) is 6.06. The Hall–Kier alpha value is -1.14. The molecule has 0 saturated heterocycles. The van der Waals surface area contributed by atoms with Gasteiger partial charge in [-0.05, 0) is 43.3 Å². The standard InChI is InChI=1S/C16H14BrCl3N2O2/c1-10-2-6-12(7-3-10)21-14(16(18,19)20)22-15(23)24-13-8-4-11(17)5-9-13/h2-9,14,21H,1H3,(H,22,23). The summed E-state index contributed by atoms with van der Waals surface area (Å²) in [4.78, 5) is 12.0. The maximum atomic E-state index is 12.0. The number of halogens is 4. The molecule has 0 aromatic heterocycles. The highest BCUT2D eigenvalue weighted by Crippen LogP contribution is 2.31. The van der Waals surface area contributed by atoms with Crippen LogP contribution in [0.3, 0.4) is 0 Å². The van der Waals surface area contributed by atoms with Gasteiger partial charge >= 0.3 is 6.09 Å². The number of benzene rings is 2. The van der Waals surface area contributed by atoms with Crippen LogP contribution in [0.2, 0.25) is 0 Å². The van der Waals surface area contributed by atoms with Gasteiger partial charge in [-0.1, -0.05) is 68.4 Å². The average Bonchev–Trinajstić information content (AvgIpc) is 2.50. The number of carbonyl (C=O) groups is 1. The van der Waals surface area contributed by atoms with E-state index in [4.69, 9.17) is 39.5 Å². The second kappa shape index (κ2) is 8.30. The molecule has 2 aromatic carbocycles. The van der Waals surface area contributed by atoms with Gasteiger partial charge in [0.2, 0.25) is 3.79 Å². The monoisotopic (exact) mass is 450 g/mol. The smallest absolute Gasteiger partial charge is 0.410 e. The number of rotatable bonds is 4. The van der Waals surface area contributed by atoms with Gasteiger partial charge in [-0.3, -0.25) is 5.32 Å². The molecule has 0 radical (unpaired) electrons. The van der Waals surface area contributed by atoms with Crippen molar-refractivity contribution in [1.29, 1.82) is 0 Å². The number of aryl methyl sites for hydroxylation is 1. The van der Waals surface area contributed by atoms with Gasteiger partial charge in [0.05, 0.1) is 0 Å². The van der Waals surface area contributed by atoms with Crippen molar-refractivity contribution in [2.45, 2.75) is 16.9 Å². The lowest BCUT2D eigenvalue weighted by Crippen LogP contribution is -2.50. The third-order valence-corrected chi connectivity index (χ3v) is 4.16. The van der Waals surface area contributed by atoms with Crippen LogP contribution in [-0.2, 0) is 0 Å². The fraction of sp³-hybridized carbons (Fsp3) is 0.188. The van der Waals surface area contributed by atoms with Gasteiger partial charge in [0, 0.05) is 10.2 Å². The summed E-state index contributed by atoms with van der Waals surface area (Å²) in [6, 6.07) is 14.2. The van der Waals surface area contributed by atoms with Gasteiger partial charge in [0.15, 0.2) is 0 Å². The topological polar surface area (TPSA) is 50.4 Å². The first kappa shape index (κ1) is 19.2. The number of carbonyl (C=O) groups excluding carboxylic acids is 1. The normalized spacial score (nSPS) is 12.4. The minimum atomic E-state index is -1.77. The first-order valence-electron chi connectivity index (χ1n) is 6.88. The zero-order valence-corrected chi connectivity index (χ0v) is 16.4. The van der Waals surface area contributed by atoms with Crippen molar-refractivity contribution in [2.75, 3.05) is 5.32 Å². The summed E-state index contributed by atoms with van der Waals surface area (Å²) in [5, 5.41) is 5.46. The fourth-order valence-corrected chi connectivity index (χ4v) is 2.36. The van der Waals surface area contributed by atoms with Crippen molar-refractivity contribution in [3.63, 3.8) is 0 Å². The lowest BCUT2D eigenvalue weighted by molar-refractivity contribution is 0.197. The van der Waals surface area contributed by atoms with E-state index in [0.717, 1.165) is 10.0 Å². The first-order valence-corrected chi connectivity index (χ1v) is 8.80. The molecule has 4 nitrogen and oxygen atoms in total. The number of amides is 1. The van der Waals surface area contributed by atoms with E-state index in [-0.39, 0.29) is 0 Å². The van der Waals surface area contributed by atoms with Gasteiger partial charge in [0.25, 0.3) is 0 Å². The summed E-state index contributed by atoms with van der Waals surface area (Å²) in [5.41, 5.74) is 1.79. The van der Waals surface area contributed by atoms with E-state index in [1.165, 1.54) is 0 Å². The van der Waals surface area contributed by atoms with Crippen molar-refractivity contribution in [3.05, 3.63) is 58.6 Å². The van der Waals surface area contributed by atoms with E-state index >= 15 is 0 Å². The van der Waals surface area contributed by atoms with Crippen LogP contribution in [0.25, 0.3) is 0 Å². The van der Waals surface area contributed by atoms with Crippen molar-refractivity contribution < 1.29 is 9.53 Å². The van der Waals surface area contributed by atoms with Crippen LogP contribution in [-0.4, -0.2) is 16.1 Å². The zero-order chi connectivity index (χ0) is 17.7. The van der Waals surface area contributed by atoms with E-state index in [0.29, 0.717) is 11.4 Å². The van der Waals surface area contributed by atoms with Crippen molar-refractivity contribution >= 4 is 62.5 Å². The molecular weight excluding hydrogens is 438 g/mol. The number of alkyl halides is 3. The zero-order valence-electron chi connectivity index (χ0n) is 12.5. The maximum Gasteiger partial charge on any atom is 0.414 e. The van der Waals surface area contributed by atoms with Crippen LogP contribution < -0.4 is 15.4 Å². The summed E-state index contributed by atoms with van der Waals surface area (Å²) in [6.45, 7) is 1.96. The third-order valence-electron chi connectivity index (χ3n) is 2.98. The van der Waals surface area contributed by atoms with Crippen molar-refractivity contribution in [3.8, 4) is 5.75 Å². The molecule has 0 aliphatic heterocycles. The number of hydrogen-bond donors (Lipinski definition) is 2. The highest BCUT2D eigenvalue weighted by molar-refractivity contribution is 9.10. The fourth-order valence-electron chi connectivity index (χ4n) is 1.77. The largest absolute Gasteiger partial charge is 0.414 e. The van der Waals surface area contributed by atoms with Crippen molar-refractivity contribution in [2.24, 2.45) is 0 Å². The highest BCUT2D eigenvalue weighted by atomic mass is 79.9. The predicted octanol–water partition coefficient (Wildman–Crippen LogP) is 5.65. The molecule has 2 aromatic rings. The van der Waals surface area contributed by atoms with Crippen molar-refractivity contribution in [1.82, 2.24) is 5.32 Å². The van der Waals surface area contributed by atoms with E-state index in [9.17, 15) is 4.79 Å². The molecule has 0 fully saturated rings. The molecule has 0 aliphatic rings. The summed E-state index contributed by atoms with van der Waals surface area (Å²) in [6.07, 6.45) is -1.72. The summed E-state index contributed by atoms with van der Waals surface area (Å²) >= 11 is 21.1. The molecule has 128 valence electrons. The second-order valence-electron chi connectivity index (χ2n) is 4.97. The Labute approximate surface area is 163 Å². The Morgan fingerprint density at radius 2 is 1.67 bits per heavy atom. The molecule has 24 heavy (non-hydrogen) atoms. The lowest BCUT2D eigenvalue weighted by atomic mass is 10.2. The Bertz CT molecular complexity index is 688. The van der Waals surface area contributed by atoms with E-state index in [1.54, 1.807) is 24.3 Å². The van der Waals surface area contributed by atoms with Crippen LogP contribution in [0.15, 0.2) is 53.0 Å². The summed E-state index contributed by atoms with van der Waals surface area (Å²) in [5.74, 6) is 0.370. The molecule has 0 aliphatic carbocycles. The Kier molecular flexibility index (Phi) is 6.63. The van der Waals surface area contributed by atoms with Crippen LogP contribution in [0, 0.1) is 6.92 Å². The van der Waals surface area contributed by atoms with Crippen LogP contribution in [0.5, 0.6) is 5.75 Å². The number of ether oxygens (including phenoxy) is 1. The number of nitrogens with one attached hydrogen (secondary N) is 2. The van der Waals surface area contributed by atoms with Gasteiger partial charge in [-0.15, -0.1) is 0 Å². The Morgan fingerprint density at radius 1 is 1.08 bits per heavy atom. The molecule has 0 bridgehead atoms. The molecular formula is C16H14BrCl3N2O2. The highest BCUT2D eigenvalue weighted by Gasteiger charge is 2.34. The molecule has 1 atom stereocenters. The van der Waals surface area contributed by atoms with E-state index in [1.807, 2.05) is 31.2 Å². The average molecular weight is 453 g/mol. The molecule has 1 unspecified atom stereocenters. The minimum absolute atomic E-state index is 0.370. The molecule has 8 heteroatoms.